The van der Waals surface area contributed by atoms with Gasteiger partial charge in [-0.15, -0.1) is 23.1 Å². The molecule has 1 atom stereocenters. The second kappa shape index (κ2) is 13.6. The van der Waals surface area contributed by atoms with Crippen LogP contribution in [0.5, 0.6) is 0 Å². The summed E-state index contributed by atoms with van der Waals surface area (Å²) in [7, 11) is 0. The third-order valence-corrected chi connectivity index (χ3v) is 7.74. The number of nitro benzene ring substituents is 1. The number of carbonyl (C=O) groups excluding carboxylic acids is 3. The maximum Gasteiger partial charge on any atom is 0.272 e. The van der Waals surface area contributed by atoms with Crippen molar-refractivity contribution in [3.05, 3.63) is 122 Å². The monoisotopic (exact) mass is 586 g/mol. The van der Waals surface area contributed by atoms with Crippen LogP contribution in [0.15, 0.2) is 101 Å². The molecule has 1 aromatic heterocycles. The average molecular weight is 587 g/mol. The van der Waals surface area contributed by atoms with Crippen LogP contribution in [0, 0.1) is 17.0 Å². The third-order valence-electron chi connectivity index (χ3n) is 5.82. The molecule has 4 aromatic rings. The predicted octanol–water partition coefficient (Wildman–Crippen LogP) is 6.49. The van der Waals surface area contributed by atoms with Crippen LogP contribution < -0.4 is 16.0 Å². The minimum absolute atomic E-state index is 0.0828. The number of anilines is 2. The number of rotatable bonds is 10. The average Bonchev–Trinajstić information content (AvgIpc) is 3.47. The van der Waals surface area contributed by atoms with Gasteiger partial charge in [0.1, 0.15) is 5.70 Å². The molecule has 0 fully saturated rings. The second-order valence-electron chi connectivity index (χ2n) is 8.88. The van der Waals surface area contributed by atoms with Gasteiger partial charge in [-0.25, -0.2) is 0 Å². The van der Waals surface area contributed by atoms with E-state index in [1.165, 1.54) is 35.2 Å². The zero-order chi connectivity index (χ0) is 29.4. The number of aryl methyl sites for hydroxylation is 1. The molecule has 1 heterocycles. The van der Waals surface area contributed by atoms with Gasteiger partial charge in [-0.3, -0.25) is 24.5 Å². The van der Waals surface area contributed by atoms with Gasteiger partial charge in [0.15, 0.2) is 0 Å². The normalized spacial score (nSPS) is 11.8. The van der Waals surface area contributed by atoms with Crippen molar-refractivity contribution in [2.75, 3.05) is 10.6 Å². The summed E-state index contributed by atoms with van der Waals surface area (Å²) < 4.78 is 0. The largest absolute Gasteiger partial charge is 0.325 e. The van der Waals surface area contributed by atoms with E-state index in [4.69, 9.17) is 0 Å². The summed E-state index contributed by atoms with van der Waals surface area (Å²) in [5, 5.41) is 20.7. The van der Waals surface area contributed by atoms with Gasteiger partial charge in [-0.05, 0) is 67.3 Å². The highest BCUT2D eigenvalue weighted by molar-refractivity contribution is 8.00. The lowest BCUT2D eigenvalue weighted by Crippen LogP contribution is -2.30. The predicted molar refractivity (Wildman–Crippen MR) is 163 cm³/mol. The Morgan fingerprint density at radius 1 is 0.951 bits per heavy atom. The summed E-state index contributed by atoms with van der Waals surface area (Å²) in [6, 6.07) is 23.6. The Morgan fingerprint density at radius 2 is 1.73 bits per heavy atom. The highest BCUT2D eigenvalue weighted by Gasteiger charge is 2.19. The minimum Gasteiger partial charge on any atom is -0.325 e. The fraction of sp³-hybridized carbons (Fsp3) is 0.100. The summed E-state index contributed by atoms with van der Waals surface area (Å²) in [4.78, 5) is 51.0. The van der Waals surface area contributed by atoms with Gasteiger partial charge in [0, 0.05) is 33.2 Å². The topological polar surface area (TPSA) is 130 Å². The van der Waals surface area contributed by atoms with Crippen molar-refractivity contribution in [1.29, 1.82) is 0 Å². The van der Waals surface area contributed by atoms with E-state index in [9.17, 15) is 24.5 Å². The van der Waals surface area contributed by atoms with E-state index in [0.717, 1.165) is 9.77 Å². The standard InChI is InChI=1S/C30H26N4O5S2/c1-19-13-14-23(34(38)39)17-26(19)32-28(35)20(2)41-25-11-6-10-22(16-25)31-30(37)27(18-24-12-7-15-40-24)33-29(36)21-8-4-3-5-9-21/h3-18,20H,1-2H3,(H,31,37)(H,32,35)(H,33,36)/b27-18-. The molecule has 41 heavy (non-hydrogen) atoms. The molecule has 208 valence electrons. The first-order chi connectivity index (χ1) is 19.7. The highest BCUT2D eigenvalue weighted by Crippen LogP contribution is 2.28. The van der Waals surface area contributed by atoms with E-state index in [0.29, 0.717) is 22.5 Å². The number of nitrogens with one attached hydrogen (secondary N) is 3. The van der Waals surface area contributed by atoms with Gasteiger partial charge in [0.2, 0.25) is 5.91 Å². The van der Waals surface area contributed by atoms with E-state index >= 15 is 0 Å². The number of thioether (sulfide) groups is 1. The number of carbonyl (C=O) groups is 3. The fourth-order valence-electron chi connectivity index (χ4n) is 3.65. The highest BCUT2D eigenvalue weighted by atomic mass is 32.2. The van der Waals surface area contributed by atoms with Gasteiger partial charge in [-0.2, -0.15) is 0 Å². The molecule has 0 radical (unpaired) electrons. The first kappa shape index (κ1) is 29.2. The Labute approximate surface area is 244 Å². The molecule has 1 unspecified atom stereocenters. The van der Waals surface area contributed by atoms with Crippen molar-refractivity contribution in [2.24, 2.45) is 0 Å². The van der Waals surface area contributed by atoms with Crippen LogP contribution >= 0.6 is 23.1 Å². The van der Waals surface area contributed by atoms with Gasteiger partial charge in [-0.1, -0.05) is 36.4 Å². The number of non-ortho nitro benzene ring substituents is 1. The maximum atomic E-state index is 13.2. The van der Waals surface area contributed by atoms with Crippen molar-refractivity contribution in [3.8, 4) is 0 Å². The molecule has 0 saturated carbocycles. The van der Waals surface area contributed by atoms with Crippen LogP contribution in [-0.2, 0) is 9.59 Å². The lowest BCUT2D eigenvalue weighted by Gasteiger charge is -2.15. The molecule has 0 aliphatic heterocycles. The smallest absolute Gasteiger partial charge is 0.272 e. The Kier molecular flexibility index (Phi) is 9.67. The van der Waals surface area contributed by atoms with E-state index < -0.39 is 22.0 Å². The van der Waals surface area contributed by atoms with Crippen molar-refractivity contribution < 1.29 is 19.3 Å². The Balaban J connectivity index is 1.45. The number of nitro groups is 1. The number of nitrogens with zero attached hydrogens (tertiary/aromatic N) is 1. The first-order valence-corrected chi connectivity index (χ1v) is 14.2. The Hall–Kier alpha value is -4.74. The summed E-state index contributed by atoms with van der Waals surface area (Å²) in [5.41, 5.74) is 1.95. The zero-order valence-corrected chi connectivity index (χ0v) is 23.8. The minimum atomic E-state index is -0.543. The molecule has 0 aliphatic carbocycles. The van der Waals surface area contributed by atoms with Crippen LogP contribution in [0.3, 0.4) is 0 Å². The van der Waals surface area contributed by atoms with Gasteiger partial charge in [0.25, 0.3) is 17.5 Å². The van der Waals surface area contributed by atoms with Crippen molar-refractivity contribution >= 4 is 64.0 Å². The summed E-state index contributed by atoms with van der Waals surface area (Å²) >= 11 is 2.70. The molecular weight excluding hydrogens is 560 g/mol. The van der Waals surface area contributed by atoms with Crippen molar-refractivity contribution in [3.63, 3.8) is 0 Å². The summed E-state index contributed by atoms with van der Waals surface area (Å²) in [6.07, 6.45) is 1.61. The van der Waals surface area contributed by atoms with E-state index in [2.05, 4.69) is 16.0 Å². The molecule has 9 nitrogen and oxygen atoms in total. The first-order valence-electron chi connectivity index (χ1n) is 12.4. The summed E-state index contributed by atoms with van der Waals surface area (Å²) in [6.45, 7) is 3.48. The number of thiophene rings is 1. The van der Waals surface area contributed by atoms with Crippen LogP contribution in [-0.4, -0.2) is 27.9 Å². The molecule has 0 saturated heterocycles. The zero-order valence-electron chi connectivity index (χ0n) is 22.1. The molecule has 0 bridgehead atoms. The van der Waals surface area contributed by atoms with Crippen LogP contribution in [0.1, 0.15) is 27.7 Å². The number of benzene rings is 3. The molecule has 3 N–H and O–H groups in total. The van der Waals surface area contributed by atoms with Crippen molar-refractivity contribution in [2.45, 2.75) is 24.0 Å². The molecule has 11 heteroatoms. The van der Waals surface area contributed by atoms with E-state index in [-0.39, 0.29) is 17.3 Å². The molecule has 3 aromatic carbocycles. The van der Waals surface area contributed by atoms with Crippen LogP contribution in [0.25, 0.3) is 6.08 Å². The number of amides is 3. The SMILES string of the molecule is Cc1ccc([N+](=O)[O-])cc1NC(=O)C(C)Sc1cccc(NC(=O)/C(=C/c2cccs2)NC(=O)c2ccccc2)c1. The molecule has 3 amide bonds. The third kappa shape index (κ3) is 8.13. The lowest BCUT2D eigenvalue weighted by atomic mass is 10.2. The summed E-state index contributed by atoms with van der Waals surface area (Å²) in [5.74, 6) is -1.23. The fourth-order valence-corrected chi connectivity index (χ4v) is 5.24. The van der Waals surface area contributed by atoms with Gasteiger partial charge in [0.05, 0.1) is 15.9 Å². The lowest BCUT2D eigenvalue weighted by molar-refractivity contribution is -0.384. The van der Waals surface area contributed by atoms with Crippen LogP contribution in [0.2, 0.25) is 0 Å². The molecule has 0 aliphatic rings. The number of hydrogen-bond acceptors (Lipinski definition) is 7. The second-order valence-corrected chi connectivity index (χ2v) is 11.3. The van der Waals surface area contributed by atoms with Crippen molar-refractivity contribution in [1.82, 2.24) is 5.32 Å². The molecule has 4 rings (SSSR count). The molecule has 0 spiro atoms. The quantitative estimate of drug-likeness (QED) is 0.0842. The van der Waals surface area contributed by atoms with Gasteiger partial charge >= 0.3 is 0 Å². The van der Waals surface area contributed by atoms with Gasteiger partial charge < -0.3 is 16.0 Å². The number of hydrogen-bond donors (Lipinski definition) is 3. The van der Waals surface area contributed by atoms with E-state index in [1.54, 1.807) is 74.5 Å². The Morgan fingerprint density at radius 3 is 2.44 bits per heavy atom. The maximum absolute atomic E-state index is 13.2. The Bertz CT molecular complexity index is 1600. The van der Waals surface area contributed by atoms with E-state index in [1.807, 2.05) is 23.6 Å². The molecular formula is C30H26N4O5S2. The van der Waals surface area contributed by atoms with Crippen LogP contribution in [0.4, 0.5) is 17.1 Å².